The summed E-state index contributed by atoms with van der Waals surface area (Å²) in [6, 6.07) is 0. The van der Waals surface area contributed by atoms with Crippen LogP contribution in [0.4, 0.5) is 0 Å². The fourth-order valence-electron chi connectivity index (χ4n) is 0.856. The topological polar surface area (TPSA) is 12.5 Å². The molecule has 0 aromatic carbocycles. The van der Waals surface area contributed by atoms with Gasteiger partial charge in [-0.1, -0.05) is 0 Å². The van der Waals surface area contributed by atoms with Crippen molar-refractivity contribution in [2.24, 2.45) is 0 Å². The number of rotatable bonds is 1. The Hall–Kier alpha value is -0.660. The highest BCUT2D eigenvalue weighted by Gasteiger charge is 2.03. The number of ether oxygens (including phenoxy) is 1. The smallest absolute Gasteiger partial charge is 0.184 e. The summed E-state index contributed by atoms with van der Waals surface area (Å²) < 4.78 is 5.33. The Morgan fingerprint density at radius 3 is 2.67 bits per heavy atom. The van der Waals surface area contributed by atoms with Gasteiger partial charge in [0.2, 0.25) is 0 Å². The minimum absolute atomic E-state index is 0.879. The molecule has 0 N–H and O–H groups in total. The fourth-order valence-corrected chi connectivity index (χ4v) is 0.856. The molecule has 1 aliphatic heterocycles. The van der Waals surface area contributed by atoms with Crippen molar-refractivity contribution in [1.82, 2.24) is 4.90 Å². The number of hydrogen-bond donors (Lipinski definition) is 0. The lowest BCUT2D eigenvalue weighted by Gasteiger charge is -2.20. The molecular weight excluding hydrogens is 114 g/mol. The van der Waals surface area contributed by atoms with Crippen LogP contribution in [0.3, 0.4) is 0 Å². The molecule has 2 nitrogen and oxygen atoms in total. The van der Waals surface area contributed by atoms with Crippen LogP contribution in [0.15, 0.2) is 12.0 Å². The van der Waals surface area contributed by atoms with Crippen LogP contribution in [0.2, 0.25) is 0 Å². The zero-order valence-corrected chi connectivity index (χ0v) is 6.05. The third kappa shape index (κ3) is 1.63. The lowest BCUT2D eigenvalue weighted by atomic mass is 10.3. The minimum Gasteiger partial charge on any atom is -0.479 e. The lowest BCUT2D eigenvalue weighted by molar-refractivity contribution is 0.125. The highest BCUT2D eigenvalue weighted by molar-refractivity contribution is 4.92. The molecule has 0 saturated carbocycles. The molecule has 0 aromatic rings. The molecule has 0 atom stereocenters. The molecule has 9 heavy (non-hydrogen) atoms. The largest absolute Gasteiger partial charge is 0.479 e. The van der Waals surface area contributed by atoms with Crippen molar-refractivity contribution in [3.8, 4) is 0 Å². The van der Waals surface area contributed by atoms with E-state index in [2.05, 4.69) is 6.08 Å². The predicted octanol–water partition coefficient (Wildman–Crippen LogP) is 1.20. The highest BCUT2D eigenvalue weighted by atomic mass is 16.5. The van der Waals surface area contributed by atoms with Crippen LogP contribution in [0, 0.1) is 0 Å². The second-order valence-corrected chi connectivity index (χ2v) is 2.43. The molecule has 0 amide bonds. The molecule has 0 spiro atoms. The van der Waals surface area contributed by atoms with Gasteiger partial charge in [0.15, 0.2) is 5.88 Å². The molecule has 52 valence electrons. The molecule has 2 heteroatoms. The maximum atomic E-state index is 5.33. The predicted molar refractivity (Wildman–Crippen MR) is 37.0 cm³/mol. The standard InChI is InChI=1S/C7H13NO/c1-8(2)7-5-3-4-6-9-7/h5H,3-4,6H2,1-2H3. The summed E-state index contributed by atoms with van der Waals surface area (Å²) in [6.45, 7) is 0.879. The Labute approximate surface area is 56.1 Å². The molecule has 1 rings (SSSR count). The maximum absolute atomic E-state index is 5.33. The Bertz CT molecular complexity index is 118. The quantitative estimate of drug-likeness (QED) is 0.524. The van der Waals surface area contributed by atoms with Crippen LogP contribution in [0.25, 0.3) is 0 Å². The molecule has 0 fully saturated rings. The number of hydrogen-bond acceptors (Lipinski definition) is 2. The zero-order chi connectivity index (χ0) is 6.69. The van der Waals surface area contributed by atoms with Crippen molar-refractivity contribution >= 4 is 0 Å². The van der Waals surface area contributed by atoms with E-state index in [0.717, 1.165) is 25.3 Å². The van der Waals surface area contributed by atoms with E-state index < -0.39 is 0 Å². The normalized spacial score (nSPS) is 18.2. The van der Waals surface area contributed by atoms with E-state index in [-0.39, 0.29) is 0 Å². The average molecular weight is 127 g/mol. The van der Waals surface area contributed by atoms with Crippen molar-refractivity contribution in [3.63, 3.8) is 0 Å². The van der Waals surface area contributed by atoms with Crippen LogP contribution in [-0.2, 0) is 4.74 Å². The average Bonchev–Trinajstić information content (AvgIpc) is 1.90. The summed E-state index contributed by atoms with van der Waals surface area (Å²) in [6.07, 6.45) is 4.45. The van der Waals surface area contributed by atoms with Crippen LogP contribution in [0.5, 0.6) is 0 Å². The molecule has 0 saturated heterocycles. The summed E-state index contributed by atoms with van der Waals surface area (Å²) in [5, 5.41) is 0. The first-order chi connectivity index (χ1) is 4.30. The Morgan fingerprint density at radius 1 is 1.56 bits per heavy atom. The summed E-state index contributed by atoms with van der Waals surface area (Å²) in [4.78, 5) is 2.00. The molecule has 1 aliphatic rings. The van der Waals surface area contributed by atoms with Crippen molar-refractivity contribution < 1.29 is 4.74 Å². The van der Waals surface area contributed by atoms with Gasteiger partial charge in [0, 0.05) is 14.1 Å². The monoisotopic (exact) mass is 127 g/mol. The van der Waals surface area contributed by atoms with Crippen molar-refractivity contribution in [1.29, 1.82) is 0 Å². The van der Waals surface area contributed by atoms with E-state index in [1.807, 2.05) is 19.0 Å². The molecular formula is C7H13NO. The van der Waals surface area contributed by atoms with E-state index in [4.69, 9.17) is 4.74 Å². The van der Waals surface area contributed by atoms with Gasteiger partial charge in [-0.3, -0.25) is 0 Å². The summed E-state index contributed by atoms with van der Waals surface area (Å²) in [7, 11) is 3.99. The highest BCUT2D eigenvalue weighted by Crippen LogP contribution is 2.10. The van der Waals surface area contributed by atoms with Gasteiger partial charge < -0.3 is 9.64 Å². The first-order valence-corrected chi connectivity index (χ1v) is 3.31. The van der Waals surface area contributed by atoms with Gasteiger partial charge in [0.1, 0.15) is 0 Å². The molecule has 0 radical (unpaired) electrons. The van der Waals surface area contributed by atoms with E-state index in [0.29, 0.717) is 0 Å². The summed E-state index contributed by atoms with van der Waals surface area (Å²) in [5.74, 6) is 1.02. The van der Waals surface area contributed by atoms with Crippen LogP contribution in [0.1, 0.15) is 12.8 Å². The van der Waals surface area contributed by atoms with Gasteiger partial charge in [-0.15, -0.1) is 0 Å². The van der Waals surface area contributed by atoms with E-state index >= 15 is 0 Å². The number of nitrogens with zero attached hydrogens (tertiary/aromatic N) is 1. The van der Waals surface area contributed by atoms with Gasteiger partial charge in [0.25, 0.3) is 0 Å². The number of allylic oxidation sites excluding steroid dienone is 1. The lowest BCUT2D eigenvalue weighted by Crippen LogP contribution is -2.16. The van der Waals surface area contributed by atoms with Gasteiger partial charge in [-0.25, -0.2) is 0 Å². The second-order valence-electron chi connectivity index (χ2n) is 2.43. The molecule has 0 bridgehead atoms. The molecule has 0 unspecified atom stereocenters. The Balaban J connectivity index is 2.46. The van der Waals surface area contributed by atoms with Gasteiger partial charge in [-0.2, -0.15) is 0 Å². The van der Waals surface area contributed by atoms with E-state index in [9.17, 15) is 0 Å². The summed E-state index contributed by atoms with van der Waals surface area (Å²) >= 11 is 0. The Morgan fingerprint density at radius 2 is 2.33 bits per heavy atom. The Kier molecular flexibility index (Phi) is 1.98. The molecule has 0 aliphatic carbocycles. The van der Waals surface area contributed by atoms with Crippen molar-refractivity contribution in [2.75, 3.05) is 20.7 Å². The van der Waals surface area contributed by atoms with Gasteiger partial charge >= 0.3 is 0 Å². The van der Waals surface area contributed by atoms with E-state index in [1.54, 1.807) is 0 Å². The van der Waals surface area contributed by atoms with Gasteiger partial charge in [-0.05, 0) is 18.9 Å². The third-order valence-electron chi connectivity index (χ3n) is 1.36. The zero-order valence-electron chi connectivity index (χ0n) is 6.05. The third-order valence-corrected chi connectivity index (χ3v) is 1.36. The minimum atomic E-state index is 0.879. The van der Waals surface area contributed by atoms with Gasteiger partial charge in [0.05, 0.1) is 6.61 Å². The molecule has 0 aromatic heterocycles. The second kappa shape index (κ2) is 2.76. The first kappa shape index (κ1) is 6.46. The SMILES string of the molecule is CN(C)C1=CCCCO1. The van der Waals surface area contributed by atoms with Crippen LogP contribution in [-0.4, -0.2) is 25.6 Å². The fraction of sp³-hybridized carbons (Fsp3) is 0.714. The van der Waals surface area contributed by atoms with E-state index in [1.165, 1.54) is 0 Å². The maximum Gasteiger partial charge on any atom is 0.184 e. The summed E-state index contributed by atoms with van der Waals surface area (Å²) in [5.41, 5.74) is 0. The van der Waals surface area contributed by atoms with Crippen LogP contribution >= 0.6 is 0 Å². The van der Waals surface area contributed by atoms with Crippen LogP contribution < -0.4 is 0 Å². The van der Waals surface area contributed by atoms with Crippen molar-refractivity contribution in [3.05, 3.63) is 12.0 Å². The first-order valence-electron chi connectivity index (χ1n) is 3.31. The molecule has 1 heterocycles. The van der Waals surface area contributed by atoms with Crippen molar-refractivity contribution in [2.45, 2.75) is 12.8 Å².